The molecule has 0 aromatic heterocycles. The first-order chi connectivity index (χ1) is 9.61. The first-order valence-corrected chi connectivity index (χ1v) is 7.35. The number of nitrogens with one attached hydrogen (secondary N) is 1. The average molecular weight is 275 g/mol. The molecule has 0 aliphatic carbocycles. The van der Waals surface area contributed by atoms with Crippen LogP contribution in [0, 0.1) is 0 Å². The monoisotopic (exact) mass is 275 g/mol. The second-order valence-corrected chi connectivity index (χ2v) is 5.67. The Labute approximate surface area is 121 Å². The molecule has 0 saturated carbocycles. The Morgan fingerprint density at radius 2 is 2.00 bits per heavy atom. The molecule has 1 aliphatic rings. The quantitative estimate of drug-likeness (QED) is 0.900. The van der Waals surface area contributed by atoms with Gasteiger partial charge >= 0.3 is 0 Å². The van der Waals surface area contributed by atoms with Crippen LogP contribution in [0.15, 0.2) is 30.3 Å². The predicted molar refractivity (Wildman–Crippen MR) is 81.4 cm³/mol. The van der Waals surface area contributed by atoms with Gasteiger partial charge in [0.05, 0.1) is 0 Å². The summed E-state index contributed by atoms with van der Waals surface area (Å²) in [6.45, 7) is 7.99. The van der Waals surface area contributed by atoms with Crippen molar-refractivity contribution in [3.8, 4) is 0 Å². The topological polar surface area (TPSA) is 35.6 Å². The minimum Gasteiger partial charge on any atom is -0.358 e. The Bertz CT molecular complexity index is 433. The van der Waals surface area contributed by atoms with Crippen LogP contribution < -0.4 is 5.32 Å². The van der Waals surface area contributed by atoms with Crippen molar-refractivity contribution < 1.29 is 4.79 Å². The van der Waals surface area contributed by atoms with Crippen LogP contribution >= 0.6 is 0 Å². The highest BCUT2D eigenvalue weighted by molar-refractivity contribution is 5.81. The summed E-state index contributed by atoms with van der Waals surface area (Å²) in [6.07, 6.45) is 0. The molecular weight excluding hydrogens is 250 g/mol. The average Bonchev–Trinajstić information content (AvgIpc) is 2.47. The van der Waals surface area contributed by atoms with Crippen molar-refractivity contribution in [3.63, 3.8) is 0 Å². The molecule has 1 saturated heterocycles. The van der Waals surface area contributed by atoms with Gasteiger partial charge < -0.3 is 5.32 Å². The molecule has 1 aromatic carbocycles. The van der Waals surface area contributed by atoms with E-state index >= 15 is 0 Å². The second-order valence-electron chi connectivity index (χ2n) is 5.67. The van der Waals surface area contributed by atoms with Gasteiger partial charge in [0, 0.05) is 39.3 Å². The molecule has 1 fully saturated rings. The van der Waals surface area contributed by atoms with Crippen LogP contribution in [0.25, 0.3) is 0 Å². The minimum absolute atomic E-state index is 0.0589. The standard InChI is InChI=1S/C16H25N3O/c1-13(2)18-9-10-19(15(12-18)16(20)17-3)11-14-7-5-4-6-8-14/h4-8,13,15H,9-12H2,1-3H3,(H,17,20). The van der Waals surface area contributed by atoms with E-state index in [1.807, 2.05) is 6.07 Å². The van der Waals surface area contributed by atoms with Gasteiger partial charge in [-0.1, -0.05) is 30.3 Å². The van der Waals surface area contributed by atoms with E-state index in [1.54, 1.807) is 7.05 Å². The van der Waals surface area contributed by atoms with E-state index in [0.717, 1.165) is 26.2 Å². The zero-order chi connectivity index (χ0) is 14.5. The summed E-state index contributed by atoms with van der Waals surface area (Å²) in [5, 5.41) is 2.80. The van der Waals surface area contributed by atoms with E-state index in [9.17, 15) is 4.79 Å². The molecule has 0 bridgehead atoms. The fourth-order valence-electron chi connectivity index (χ4n) is 2.73. The maximum absolute atomic E-state index is 12.2. The van der Waals surface area contributed by atoms with E-state index in [2.05, 4.69) is 53.2 Å². The van der Waals surface area contributed by atoms with Gasteiger partial charge in [-0.15, -0.1) is 0 Å². The lowest BCUT2D eigenvalue weighted by Crippen LogP contribution is -2.59. The number of carbonyl (C=O) groups excluding carboxylic acids is 1. The van der Waals surface area contributed by atoms with Crippen molar-refractivity contribution in [2.24, 2.45) is 0 Å². The summed E-state index contributed by atoms with van der Waals surface area (Å²) in [7, 11) is 1.72. The third-order valence-electron chi connectivity index (χ3n) is 4.03. The Morgan fingerprint density at radius 1 is 1.30 bits per heavy atom. The molecule has 1 heterocycles. The SMILES string of the molecule is CNC(=O)C1CN(C(C)C)CCN1Cc1ccccc1. The van der Waals surface area contributed by atoms with E-state index in [-0.39, 0.29) is 11.9 Å². The van der Waals surface area contributed by atoms with E-state index in [4.69, 9.17) is 0 Å². The molecule has 2 rings (SSSR count). The van der Waals surface area contributed by atoms with Gasteiger partial charge in [-0.2, -0.15) is 0 Å². The van der Waals surface area contributed by atoms with Gasteiger partial charge in [0.1, 0.15) is 6.04 Å². The van der Waals surface area contributed by atoms with E-state index in [0.29, 0.717) is 6.04 Å². The lowest BCUT2D eigenvalue weighted by atomic mass is 10.1. The lowest BCUT2D eigenvalue weighted by Gasteiger charge is -2.42. The normalized spacial score (nSPS) is 21.1. The molecule has 4 heteroatoms. The van der Waals surface area contributed by atoms with Crippen LogP contribution in [0.5, 0.6) is 0 Å². The molecule has 1 amide bonds. The summed E-state index contributed by atoms with van der Waals surface area (Å²) in [6, 6.07) is 10.8. The summed E-state index contributed by atoms with van der Waals surface area (Å²) in [5.41, 5.74) is 1.26. The second kappa shape index (κ2) is 6.86. The molecule has 1 unspecified atom stereocenters. The fraction of sp³-hybridized carbons (Fsp3) is 0.562. The van der Waals surface area contributed by atoms with Gasteiger partial charge in [-0.25, -0.2) is 0 Å². The first-order valence-electron chi connectivity index (χ1n) is 7.35. The molecule has 20 heavy (non-hydrogen) atoms. The molecule has 1 atom stereocenters. The number of amides is 1. The van der Waals surface area contributed by atoms with E-state index in [1.165, 1.54) is 5.56 Å². The van der Waals surface area contributed by atoms with Crippen molar-refractivity contribution in [1.82, 2.24) is 15.1 Å². The van der Waals surface area contributed by atoms with Crippen molar-refractivity contribution in [1.29, 1.82) is 0 Å². The predicted octanol–water partition coefficient (Wildman–Crippen LogP) is 1.33. The Morgan fingerprint density at radius 3 is 2.60 bits per heavy atom. The summed E-state index contributed by atoms with van der Waals surface area (Å²) >= 11 is 0. The first kappa shape index (κ1) is 15.0. The van der Waals surface area contributed by atoms with E-state index < -0.39 is 0 Å². The zero-order valence-corrected chi connectivity index (χ0v) is 12.7. The number of hydrogen-bond donors (Lipinski definition) is 1. The van der Waals surface area contributed by atoms with Crippen LogP contribution in [0.3, 0.4) is 0 Å². The zero-order valence-electron chi connectivity index (χ0n) is 12.7. The third-order valence-corrected chi connectivity index (χ3v) is 4.03. The molecule has 0 radical (unpaired) electrons. The van der Waals surface area contributed by atoms with Crippen LogP contribution in [0.2, 0.25) is 0 Å². The highest BCUT2D eigenvalue weighted by atomic mass is 16.2. The van der Waals surface area contributed by atoms with Crippen LogP contribution in [0.1, 0.15) is 19.4 Å². The maximum Gasteiger partial charge on any atom is 0.238 e. The van der Waals surface area contributed by atoms with Crippen molar-refractivity contribution in [2.45, 2.75) is 32.5 Å². The Kier molecular flexibility index (Phi) is 5.15. The third kappa shape index (κ3) is 3.58. The highest BCUT2D eigenvalue weighted by Crippen LogP contribution is 2.16. The van der Waals surface area contributed by atoms with Crippen molar-refractivity contribution in [2.75, 3.05) is 26.7 Å². The largest absolute Gasteiger partial charge is 0.358 e. The van der Waals surface area contributed by atoms with Crippen LogP contribution in [-0.2, 0) is 11.3 Å². The molecule has 4 nitrogen and oxygen atoms in total. The number of hydrogen-bond acceptors (Lipinski definition) is 3. The van der Waals surface area contributed by atoms with Gasteiger partial charge in [0.25, 0.3) is 0 Å². The number of carbonyl (C=O) groups is 1. The summed E-state index contributed by atoms with van der Waals surface area (Å²) in [4.78, 5) is 16.8. The van der Waals surface area contributed by atoms with Crippen LogP contribution in [0.4, 0.5) is 0 Å². The number of benzene rings is 1. The maximum atomic E-state index is 12.2. The minimum atomic E-state index is -0.0589. The highest BCUT2D eigenvalue weighted by Gasteiger charge is 2.32. The molecular formula is C16H25N3O. The summed E-state index contributed by atoms with van der Waals surface area (Å²) in [5.74, 6) is 0.117. The van der Waals surface area contributed by atoms with Gasteiger partial charge in [-0.05, 0) is 19.4 Å². The Hall–Kier alpha value is -1.39. The fourth-order valence-corrected chi connectivity index (χ4v) is 2.73. The van der Waals surface area contributed by atoms with Gasteiger partial charge in [0.2, 0.25) is 5.91 Å². The molecule has 1 aliphatic heterocycles. The smallest absolute Gasteiger partial charge is 0.238 e. The number of likely N-dealkylation sites (N-methyl/N-ethyl adjacent to an activating group) is 1. The molecule has 0 spiro atoms. The lowest BCUT2D eigenvalue weighted by molar-refractivity contribution is -0.129. The molecule has 1 N–H and O–H groups in total. The Balaban J connectivity index is 2.08. The van der Waals surface area contributed by atoms with Gasteiger partial charge in [0.15, 0.2) is 0 Å². The van der Waals surface area contributed by atoms with Gasteiger partial charge in [-0.3, -0.25) is 14.6 Å². The summed E-state index contributed by atoms with van der Waals surface area (Å²) < 4.78 is 0. The van der Waals surface area contributed by atoms with Crippen molar-refractivity contribution in [3.05, 3.63) is 35.9 Å². The molecule has 110 valence electrons. The number of nitrogens with zero attached hydrogens (tertiary/aromatic N) is 2. The molecule has 1 aromatic rings. The van der Waals surface area contributed by atoms with Crippen molar-refractivity contribution >= 4 is 5.91 Å². The number of piperazine rings is 1. The van der Waals surface area contributed by atoms with Crippen LogP contribution in [-0.4, -0.2) is 54.5 Å². The number of rotatable bonds is 4.